The zero-order valence-corrected chi connectivity index (χ0v) is 19.1. The summed E-state index contributed by atoms with van der Waals surface area (Å²) in [4.78, 5) is 22.0. The maximum Gasteiger partial charge on any atom is 0.243 e. The van der Waals surface area contributed by atoms with Crippen molar-refractivity contribution in [2.24, 2.45) is 5.10 Å². The summed E-state index contributed by atoms with van der Waals surface area (Å²) in [6.45, 7) is 3.11. The number of nitrogens with zero attached hydrogens (tertiary/aromatic N) is 4. The molecule has 1 atom stereocenters. The molecule has 0 radical (unpaired) electrons. The lowest BCUT2D eigenvalue weighted by atomic mass is 9.98. The van der Waals surface area contributed by atoms with Gasteiger partial charge in [0.2, 0.25) is 5.91 Å². The van der Waals surface area contributed by atoms with Crippen LogP contribution in [0.4, 0.5) is 0 Å². The number of hydrazone groups is 1. The van der Waals surface area contributed by atoms with E-state index >= 15 is 0 Å². The van der Waals surface area contributed by atoms with Gasteiger partial charge >= 0.3 is 0 Å². The van der Waals surface area contributed by atoms with Crippen molar-refractivity contribution in [2.75, 3.05) is 13.2 Å². The number of carbonyl (C=O) groups is 1. The minimum atomic E-state index is 0.0137. The summed E-state index contributed by atoms with van der Waals surface area (Å²) >= 11 is 0. The number of pyridine rings is 2. The lowest BCUT2D eigenvalue weighted by molar-refractivity contribution is -0.127. The van der Waals surface area contributed by atoms with Crippen LogP contribution in [-0.4, -0.2) is 39.7 Å². The Balaban J connectivity index is 1.46. The Morgan fingerprint density at radius 1 is 1.03 bits per heavy atom. The molecule has 5 rings (SSSR count). The van der Waals surface area contributed by atoms with E-state index in [2.05, 4.69) is 22.1 Å². The number of fused-ring (bicyclic) bond motifs is 1. The van der Waals surface area contributed by atoms with E-state index in [1.54, 1.807) is 11.2 Å². The van der Waals surface area contributed by atoms with Gasteiger partial charge in [0.05, 0.1) is 30.1 Å². The molecule has 0 spiro atoms. The molecule has 6 nitrogen and oxygen atoms in total. The number of rotatable bonds is 7. The van der Waals surface area contributed by atoms with E-state index in [9.17, 15) is 4.79 Å². The van der Waals surface area contributed by atoms with E-state index in [4.69, 9.17) is 9.84 Å². The molecule has 0 saturated carbocycles. The summed E-state index contributed by atoms with van der Waals surface area (Å²) in [5.41, 5.74) is 4.65. The van der Waals surface area contributed by atoms with Crippen LogP contribution in [-0.2, 0) is 11.2 Å². The molecule has 2 aromatic heterocycles. The Morgan fingerprint density at radius 3 is 2.76 bits per heavy atom. The zero-order chi connectivity index (χ0) is 23.3. The highest BCUT2D eigenvalue weighted by atomic mass is 16.5. The van der Waals surface area contributed by atoms with Crippen molar-refractivity contribution in [1.29, 1.82) is 0 Å². The van der Waals surface area contributed by atoms with E-state index in [0.717, 1.165) is 39.2 Å². The predicted octanol–water partition coefficient (Wildman–Crippen LogP) is 4.99. The van der Waals surface area contributed by atoms with E-state index < -0.39 is 0 Å². The molecule has 2 aromatic carbocycles. The molecule has 1 aliphatic heterocycles. The predicted molar refractivity (Wildman–Crippen MR) is 133 cm³/mol. The molecular weight excluding hydrogens is 424 g/mol. The lowest BCUT2D eigenvalue weighted by Gasteiger charge is -2.15. The summed E-state index contributed by atoms with van der Waals surface area (Å²) < 4.78 is 5.64. The molecule has 1 amide bonds. The van der Waals surface area contributed by atoms with Crippen molar-refractivity contribution in [3.8, 4) is 5.75 Å². The van der Waals surface area contributed by atoms with Gasteiger partial charge in [0.15, 0.2) is 0 Å². The molecule has 1 fully saturated rings. The summed E-state index contributed by atoms with van der Waals surface area (Å²) in [6, 6.07) is 23.8. The number of benzene rings is 2. The fourth-order valence-corrected chi connectivity index (χ4v) is 4.38. The summed E-state index contributed by atoms with van der Waals surface area (Å²) in [5, 5.41) is 7.53. The van der Waals surface area contributed by atoms with Gasteiger partial charge in [-0.15, -0.1) is 0 Å². The maximum absolute atomic E-state index is 13.0. The number of carbonyl (C=O) groups excluding carboxylic acids is 1. The van der Waals surface area contributed by atoms with Crippen LogP contribution >= 0.6 is 0 Å². The number of amides is 1. The average molecular weight is 451 g/mol. The molecule has 1 saturated heterocycles. The van der Waals surface area contributed by atoms with Crippen LogP contribution in [0.2, 0.25) is 0 Å². The fraction of sp³-hybridized carbons (Fsp3) is 0.214. The molecule has 0 aliphatic carbocycles. The van der Waals surface area contributed by atoms with E-state index in [1.807, 2.05) is 73.8 Å². The molecule has 4 aromatic rings. The van der Waals surface area contributed by atoms with E-state index in [1.165, 1.54) is 0 Å². The van der Waals surface area contributed by atoms with Crippen molar-refractivity contribution < 1.29 is 9.53 Å². The third-order valence-corrected chi connectivity index (χ3v) is 6.04. The molecule has 3 heterocycles. The molecule has 1 aliphatic rings. The highest BCUT2D eigenvalue weighted by molar-refractivity contribution is 6.02. The first-order chi connectivity index (χ1) is 16.7. The standard InChI is InChI=1S/C28H26N4O2/c1-2-34-23-9-7-8-20(16-23)22-18-28(33)32(19-22)31-27(26-12-5-6-14-29-26)17-21-13-15-30-25-11-4-3-10-24(21)25/h3-16,22H,2,17-19H2,1H3. The first-order valence-electron chi connectivity index (χ1n) is 11.6. The second kappa shape index (κ2) is 9.83. The van der Waals surface area contributed by atoms with Gasteiger partial charge in [0.25, 0.3) is 0 Å². The zero-order valence-electron chi connectivity index (χ0n) is 19.1. The van der Waals surface area contributed by atoms with Crippen LogP contribution in [0.3, 0.4) is 0 Å². The summed E-state index contributed by atoms with van der Waals surface area (Å²) in [5.74, 6) is 0.913. The van der Waals surface area contributed by atoms with Crippen LogP contribution < -0.4 is 4.74 Å². The van der Waals surface area contributed by atoms with Gasteiger partial charge in [-0.1, -0.05) is 36.4 Å². The Bertz CT molecular complexity index is 1330. The molecule has 0 bridgehead atoms. The summed E-state index contributed by atoms with van der Waals surface area (Å²) in [6.07, 6.45) is 4.54. The van der Waals surface area contributed by atoms with Crippen LogP contribution in [0.15, 0.2) is 90.3 Å². The van der Waals surface area contributed by atoms with E-state index in [-0.39, 0.29) is 11.8 Å². The Kier molecular flexibility index (Phi) is 6.29. The maximum atomic E-state index is 13.0. The number of para-hydroxylation sites is 1. The monoisotopic (exact) mass is 450 g/mol. The number of aromatic nitrogens is 2. The SMILES string of the molecule is CCOc1cccc(C2CC(=O)N(N=C(Cc3ccnc4ccccc34)c3ccccn3)C2)c1. The first-order valence-corrected chi connectivity index (χ1v) is 11.6. The normalized spacial score (nSPS) is 16.3. The molecule has 1 unspecified atom stereocenters. The Hall–Kier alpha value is -4.06. The Morgan fingerprint density at radius 2 is 1.91 bits per heavy atom. The molecule has 34 heavy (non-hydrogen) atoms. The van der Waals surface area contributed by atoms with Gasteiger partial charge in [0, 0.05) is 36.5 Å². The first kappa shape index (κ1) is 21.8. The number of hydrogen-bond acceptors (Lipinski definition) is 5. The Labute approximate surface area is 198 Å². The van der Waals surface area contributed by atoms with Crippen LogP contribution in [0.1, 0.15) is 36.1 Å². The molecule has 6 heteroatoms. The summed E-state index contributed by atoms with van der Waals surface area (Å²) in [7, 11) is 0. The highest BCUT2D eigenvalue weighted by Gasteiger charge is 2.31. The van der Waals surface area contributed by atoms with Gasteiger partial charge in [0.1, 0.15) is 5.75 Å². The average Bonchev–Trinajstić information content (AvgIpc) is 3.25. The molecule has 0 N–H and O–H groups in total. The van der Waals surface area contributed by atoms with Gasteiger partial charge in [-0.05, 0) is 54.4 Å². The van der Waals surface area contributed by atoms with Gasteiger partial charge in [-0.3, -0.25) is 14.8 Å². The minimum Gasteiger partial charge on any atom is -0.494 e. The molecular formula is C28H26N4O2. The van der Waals surface area contributed by atoms with Crippen molar-refractivity contribution in [3.05, 3.63) is 102 Å². The van der Waals surface area contributed by atoms with Gasteiger partial charge in [-0.2, -0.15) is 5.10 Å². The van der Waals surface area contributed by atoms with Crippen molar-refractivity contribution in [3.63, 3.8) is 0 Å². The van der Waals surface area contributed by atoms with Crippen molar-refractivity contribution in [2.45, 2.75) is 25.7 Å². The lowest BCUT2D eigenvalue weighted by Crippen LogP contribution is -2.23. The minimum absolute atomic E-state index is 0.0137. The van der Waals surface area contributed by atoms with E-state index in [0.29, 0.717) is 26.0 Å². The quantitative estimate of drug-likeness (QED) is 0.372. The van der Waals surface area contributed by atoms with Crippen LogP contribution in [0, 0.1) is 0 Å². The van der Waals surface area contributed by atoms with Crippen LogP contribution in [0.5, 0.6) is 5.75 Å². The van der Waals surface area contributed by atoms with Crippen molar-refractivity contribution in [1.82, 2.24) is 15.0 Å². The number of hydrogen-bond donors (Lipinski definition) is 0. The third-order valence-electron chi connectivity index (χ3n) is 6.04. The molecule has 170 valence electrons. The highest BCUT2D eigenvalue weighted by Crippen LogP contribution is 2.31. The van der Waals surface area contributed by atoms with Gasteiger partial charge in [-0.25, -0.2) is 5.01 Å². The third kappa shape index (κ3) is 4.66. The second-order valence-electron chi connectivity index (χ2n) is 8.31. The smallest absolute Gasteiger partial charge is 0.243 e. The van der Waals surface area contributed by atoms with Crippen molar-refractivity contribution >= 4 is 22.5 Å². The second-order valence-corrected chi connectivity index (χ2v) is 8.31. The fourth-order valence-electron chi connectivity index (χ4n) is 4.38. The topological polar surface area (TPSA) is 67.7 Å². The largest absolute Gasteiger partial charge is 0.494 e. The van der Waals surface area contributed by atoms with Gasteiger partial charge < -0.3 is 4.74 Å². The van der Waals surface area contributed by atoms with Crippen LogP contribution in [0.25, 0.3) is 10.9 Å². The number of ether oxygens (including phenoxy) is 1.